The van der Waals surface area contributed by atoms with Gasteiger partial charge in [0.2, 0.25) is 0 Å². The minimum atomic E-state index is -0.287. The molecule has 3 rings (SSSR count). The number of guanidine groups is 1. The number of anilines is 1. The number of hydrogen-bond acceptors (Lipinski definition) is 5. The van der Waals surface area contributed by atoms with Gasteiger partial charge in [-0.2, -0.15) is 0 Å². The van der Waals surface area contributed by atoms with Gasteiger partial charge in [-0.05, 0) is 35.7 Å². The van der Waals surface area contributed by atoms with Crippen LogP contribution in [0.15, 0.2) is 62.7 Å². The molecule has 0 saturated carbocycles. The summed E-state index contributed by atoms with van der Waals surface area (Å²) in [5, 5.41) is 13.3. The van der Waals surface area contributed by atoms with Crippen molar-refractivity contribution in [2.75, 3.05) is 12.4 Å². The van der Waals surface area contributed by atoms with Crippen LogP contribution in [0, 0.1) is 0 Å². The lowest BCUT2D eigenvalue weighted by molar-refractivity contribution is 0.0996. The molecule has 0 aliphatic rings. The molecule has 3 aromatic rings. The Morgan fingerprint density at radius 3 is 2.66 bits per heavy atom. The van der Waals surface area contributed by atoms with Crippen LogP contribution in [-0.2, 0) is 13.1 Å². The van der Waals surface area contributed by atoms with Crippen LogP contribution in [0.4, 0.5) is 5.69 Å². The van der Waals surface area contributed by atoms with E-state index in [4.69, 9.17) is 8.94 Å². The summed E-state index contributed by atoms with van der Waals surface area (Å²) in [6.07, 6.45) is 1.47. The third-order valence-corrected chi connectivity index (χ3v) is 4.21. The highest BCUT2D eigenvalue weighted by atomic mass is 16.5. The lowest BCUT2D eigenvalue weighted by atomic mass is 10.1. The Kier molecular flexibility index (Phi) is 6.67. The van der Waals surface area contributed by atoms with Gasteiger partial charge in [0.15, 0.2) is 17.5 Å². The van der Waals surface area contributed by atoms with Crippen LogP contribution in [0.1, 0.15) is 47.3 Å². The molecule has 0 aliphatic heterocycles. The fourth-order valence-electron chi connectivity index (χ4n) is 2.62. The molecule has 1 aromatic carbocycles. The molecule has 0 radical (unpaired) electrons. The number of nitrogens with one attached hydrogen (secondary N) is 3. The van der Waals surface area contributed by atoms with Crippen molar-refractivity contribution in [1.29, 1.82) is 0 Å². The molecule has 2 heterocycles. The minimum absolute atomic E-state index is 0.270. The average Bonchev–Trinajstić information content (AvgIpc) is 3.41. The Balaban J connectivity index is 1.52. The molecule has 0 saturated heterocycles. The Bertz CT molecular complexity index is 960. The first-order valence-electron chi connectivity index (χ1n) is 9.39. The van der Waals surface area contributed by atoms with Gasteiger partial charge in [0.1, 0.15) is 0 Å². The van der Waals surface area contributed by atoms with Gasteiger partial charge in [-0.25, -0.2) is 0 Å². The standard InChI is InChI=1S/C21H25N5O3/c1-14(2)18-11-17(29-26-18)13-24-21(22-3)23-12-15-6-4-7-16(10-15)25-20(27)19-8-5-9-28-19/h4-11,14H,12-13H2,1-3H3,(H,25,27)(H2,22,23,24). The molecule has 0 spiro atoms. The van der Waals surface area contributed by atoms with Gasteiger partial charge in [0, 0.05) is 25.3 Å². The molecule has 3 N–H and O–H groups in total. The average molecular weight is 395 g/mol. The number of carbonyl (C=O) groups excluding carboxylic acids is 1. The van der Waals surface area contributed by atoms with E-state index in [0.717, 1.165) is 17.0 Å². The highest BCUT2D eigenvalue weighted by molar-refractivity contribution is 6.02. The number of benzene rings is 1. The minimum Gasteiger partial charge on any atom is -0.459 e. The van der Waals surface area contributed by atoms with Gasteiger partial charge in [0.25, 0.3) is 5.91 Å². The molecule has 8 nitrogen and oxygen atoms in total. The summed E-state index contributed by atoms with van der Waals surface area (Å²) in [5.74, 6) is 1.69. The van der Waals surface area contributed by atoms with Crippen LogP contribution in [0.3, 0.4) is 0 Å². The Morgan fingerprint density at radius 1 is 1.14 bits per heavy atom. The van der Waals surface area contributed by atoms with E-state index in [1.54, 1.807) is 19.2 Å². The Morgan fingerprint density at radius 2 is 1.97 bits per heavy atom. The first-order valence-corrected chi connectivity index (χ1v) is 9.39. The maximum absolute atomic E-state index is 12.1. The molecule has 1 amide bonds. The van der Waals surface area contributed by atoms with Crippen LogP contribution in [0.2, 0.25) is 0 Å². The number of rotatable bonds is 7. The summed E-state index contributed by atoms with van der Waals surface area (Å²) in [4.78, 5) is 16.3. The first-order chi connectivity index (χ1) is 14.0. The maximum atomic E-state index is 12.1. The second kappa shape index (κ2) is 9.59. The van der Waals surface area contributed by atoms with Gasteiger partial charge < -0.3 is 24.9 Å². The molecular formula is C21H25N5O3. The number of aromatic nitrogens is 1. The van der Waals surface area contributed by atoms with Crippen molar-refractivity contribution in [3.05, 3.63) is 71.5 Å². The van der Waals surface area contributed by atoms with E-state index >= 15 is 0 Å². The summed E-state index contributed by atoms with van der Waals surface area (Å²) in [6.45, 7) is 5.16. The summed E-state index contributed by atoms with van der Waals surface area (Å²) >= 11 is 0. The molecule has 0 fully saturated rings. The van der Waals surface area contributed by atoms with Gasteiger partial charge in [0.05, 0.1) is 18.5 Å². The van der Waals surface area contributed by atoms with Crippen LogP contribution in [0.5, 0.6) is 0 Å². The van der Waals surface area contributed by atoms with Crippen molar-refractivity contribution in [2.24, 2.45) is 4.99 Å². The summed E-state index contributed by atoms with van der Waals surface area (Å²) in [6, 6.07) is 12.8. The van der Waals surface area contributed by atoms with E-state index < -0.39 is 0 Å². The van der Waals surface area contributed by atoms with E-state index in [2.05, 4.69) is 39.9 Å². The second-order valence-electron chi connectivity index (χ2n) is 6.78. The van der Waals surface area contributed by atoms with E-state index in [-0.39, 0.29) is 11.7 Å². The lowest BCUT2D eigenvalue weighted by Crippen LogP contribution is -2.36. The van der Waals surface area contributed by atoms with Crippen LogP contribution >= 0.6 is 0 Å². The van der Waals surface area contributed by atoms with Crippen molar-refractivity contribution < 1.29 is 13.7 Å². The first kappa shape index (κ1) is 20.2. The zero-order valence-electron chi connectivity index (χ0n) is 16.7. The zero-order chi connectivity index (χ0) is 20.6. The second-order valence-corrected chi connectivity index (χ2v) is 6.78. The Labute approximate surface area is 169 Å². The zero-order valence-corrected chi connectivity index (χ0v) is 16.7. The monoisotopic (exact) mass is 395 g/mol. The van der Waals surface area contributed by atoms with E-state index in [0.29, 0.717) is 30.7 Å². The number of furan rings is 1. The van der Waals surface area contributed by atoms with Gasteiger partial charge in [-0.3, -0.25) is 9.79 Å². The molecule has 2 aromatic heterocycles. The molecule has 0 atom stereocenters. The molecule has 0 unspecified atom stereocenters. The van der Waals surface area contributed by atoms with Crippen molar-refractivity contribution in [3.63, 3.8) is 0 Å². The highest BCUT2D eigenvalue weighted by Crippen LogP contribution is 2.14. The molecular weight excluding hydrogens is 370 g/mol. The normalized spacial score (nSPS) is 11.5. The number of aliphatic imine (C=N–C) groups is 1. The largest absolute Gasteiger partial charge is 0.459 e. The number of nitrogens with zero attached hydrogens (tertiary/aromatic N) is 2. The molecule has 152 valence electrons. The topological polar surface area (TPSA) is 105 Å². The summed E-state index contributed by atoms with van der Waals surface area (Å²) < 4.78 is 10.4. The highest BCUT2D eigenvalue weighted by Gasteiger charge is 2.10. The third kappa shape index (κ3) is 5.71. The summed E-state index contributed by atoms with van der Waals surface area (Å²) in [5.41, 5.74) is 2.61. The SMILES string of the molecule is CN=C(NCc1cccc(NC(=O)c2ccco2)c1)NCc1cc(C(C)C)no1. The number of carbonyl (C=O) groups is 1. The van der Waals surface area contributed by atoms with Crippen LogP contribution in [0.25, 0.3) is 0 Å². The fourth-order valence-corrected chi connectivity index (χ4v) is 2.62. The molecule has 29 heavy (non-hydrogen) atoms. The van der Waals surface area contributed by atoms with Gasteiger partial charge >= 0.3 is 0 Å². The van der Waals surface area contributed by atoms with Crippen LogP contribution in [-0.4, -0.2) is 24.1 Å². The van der Waals surface area contributed by atoms with Crippen molar-refractivity contribution >= 4 is 17.6 Å². The van der Waals surface area contributed by atoms with Gasteiger partial charge in [-0.1, -0.05) is 31.1 Å². The molecule has 8 heteroatoms. The molecule has 0 aliphatic carbocycles. The summed E-state index contributed by atoms with van der Waals surface area (Å²) in [7, 11) is 1.70. The van der Waals surface area contributed by atoms with Crippen molar-refractivity contribution in [3.8, 4) is 0 Å². The lowest BCUT2D eigenvalue weighted by Gasteiger charge is -2.12. The van der Waals surface area contributed by atoms with E-state index in [1.807, 2.05) is 30.3 Å². The Hall–Kier alpha value is -3.55. The third-order valence-electron chi connectivity index (χ3n) is 4.21. The van der Waals surface area contributed by atoms with Crippen molar-refractivity contribution in [1.82, 2.24) is 15.8 Å². The van der Waals surface area contributed by atoms with Crippen molar-refractivity contribution in [2.45, 2.75) is 32.9 Å². The quantitative estimate of drug-likeness (QED) is 0.418. The smallest absolute Gasteiger partial charge is 0.291 e. The van der Waals surface area contributed by atoms with E-state index in [9.17, 15) is 4.79 Å². The predicted octanol–water partition coefficient (Wildman–Crippen LogP) is 3.51. The fraction of sp³-hybridized carbons (Fsp3) is 0.286. The predicted molar refractivity (Wildman–Crippen MR) is 111 cm³/mol. The van der Waals surface area contributed by atoms with E-state index in [1.165, 1.54) is 6.26 Å². The number of amides is 1. The number of hydrogen-bond donors (Lipinski definition) is 3. The van der Waals surface area contributed by atoms with Gasteiger partial charge in [-0.15, -0.1) is 0 Å². The molecule has 0 bridgehead atoms. The maximum Gasteiger partial charge on any atom is 0.291 e. The van der Waals surface area contributed by atoms with Crippen LogP contribution < -0.4 is 16.0 Å².